The van der Waals surface area contributed by atoms with Crippen molar-refractivity contribution < 1.29 is 14.6 Å². The Hall–Kier alpha value is -2.02. The second-order valence-electron chi connectivity index (χ2n) is 5.34. The first kappa shape index (κ1) is 17.3. The van der Waals surface area contributed by atoms with Crippen molar-refractivity contribution in [2.45, 2.75) is 45.0 Å². The van der Waals surface area contributed by atoms with Gasteiger partial charge in [0.1, 0.15) is 12.4 Å². The van der Waals surface area contributed by atoms with Crippen molar-refractivity contribution in [3.63, 3.8) is 0 Å². The molecule has 0 atom stereocenters. The van der Waals surface area contributed by atoms with Crippen LogP contribution in [0.15, 0.2) is 29.4 Å². The van der Waals surface area contributed by atoms with Crippen LogP contribution in [0.2, 0.25) is 0 Å². The molecule has 2 aromatic rings. The summed E-state index contributed by atoms with van der Waals surface area (Å²) in [4.78, 5) is 10.7. The second kappa shape index (κ2) is 8.01. The van der Waals surface area contributed by atoms with Gasteiger partial charge in [-0.25, -0.2) is 0 Å². The van der Waals surface area contributed by atoms with Crippen molar-refractivity contribution >= 4 is 17.7 Å². The summed E-state index contributed by atoms with van der Waals surface area (Å²) in [7, 11) is 0. The molecule has 0 aliphatic rings. The third kappa shape index (κ3) is 4.72. The molecule has 0 bridgehead atoms. The highest BCUT2D eigenvalue weighted by atomic mass is 32.2. The summed E-state index contributed by atoms with van der Waals surface area (Å²) in [6.07, 6.45) is 0. The zero-order chi connectivity index (χ0) is 16.8. The molecule has 0 unspecified atom stereocenters. The van der Waals surface area contributed by atoms with Crippen molar-refractivity contribution in [2.24, 2.45) is 0 Å². The molecule has 0 aliphatic carbocycles. The molecule has 0 radical (unpaired) electrons. The van der Waals surface area contributed by atoms with Gasteiger partial charge in [-0.15, -0.1) is 10.2 Å². The van der Waals surface area contributed by atoms with Crippen LogP contribution in [0.1, 0.15) is 38.1 Å². The SMILES string of the molecule is CCn1c(COc2ccc(C(C)C)cc2)nnc1SCC(=O)O. The maximum Gasteiger partial charge on any atom is 0.313 e. The molecule has 0 amide bonds. The number of rotatable bonds is 8. The number of carboxylic acids is 1. The molecule has 6 nitrogen and oxygen atoms in total. The van der Waals surface area contributed by atoms with Crippen LogP contribution in [0.4, 0.5) is 0 Å². The van der Waals surface area contributed by atoms with Gasteiger partial charge in [-0.1, -0.05) is 37.7 Å². The first-order chi connectivity index (χ1) is 11.0. The lowest BCUT2D eigenvalue weighted by Crippen LogP contribution is -2.08. The number of benzene rings is 1. The van der Waals surface area contributed by atoms with E-state index in [1.165, 1.54) is 5.56 Å². The Labute approximate surface area is 139 Å². The molecule has 124 valence electrons. The number of nitrogens with zero attached hydrogens (tertiary/aromatic N) is 3. The van der Waals surface area contributed by atoms with Gasteiger partial charge in [-0.05, 0) is 30.5 Å². The summed E-state index contributed by atoms with van der Waals surface area (Å²) in [5.74, 6) is 1.05. The molecule has 1 N–H and O–H groups in total. The molecule has 0 fully saturated rings. The molecule has 1 aromatic carbocycles. The fourth-order valence-corrected chi connectivity index (χ4v) is 2.81. The maximum atomic E-state index is 10.7. The monoisotopic (exact) mass is 335 g/mol. The maximum absolute atomic E-state index is 10.7. The van der Waals surface area contributed by atoms with E-state index in [9.17, 15) is 4.79 Å². The topological polar surface area (TPSA) is 77.2 Å². The molecule has 1 heterocycles. The Morgan fingerprint density at radius 3 is 2.57 bits per heavy atom. The fourth-order valence-electron chi connectivity index (χ4n) is 2.07. The zero-order valence-corrected chi connectivity index (χ0v) is 14.3. The van der Waals surface area contributed by atoms with Gasteiger partial charge < -0.3 is 14.4 Å². The van der Waals surface area contributed by atoms with Gasteiger partial charge >= 0.3 is 5.97 Å². The highest BCUT2D eigenvalue weighted by Gasteiger charge is 2.13. The van der Waals surface area contributed by atoms with Crippen LogP contribution in [0, 0.1) is 0 Å². The summed E-state index contributed by atoms with van der Waals surface area (Å²) < 4.78 is 7.63. The van der Waals surface area contributed by atoms with Gasteiger partial charge in [-0.3, -0.25) is 4.79 Å². The van der Waals surface area contributed by atoms with Crippen LogP contribution in [0.5, 0.6) is 5.75 Å². The minimum absolute atomic E-state index is 0.0321. The Bertz CT molecular complexity index is 653. The summed E-state index contributed by atoms with van der Waals surface area (Å²) in [6.45, 7) is 7.23. The van der Waals surface area contributed by atoms with Gasteiger partial charge in [-0.2, -0.15) is 0 Å². The predicted molar refractivity (Wildman–Crippen MR) is 88.9 cm³/mol. The minimum atomic E-state index is -0.872. The molecular weight excluding hydrogens is 314 g/mol. The third-order valence-electron chi connectivity index (χ3n) is 3.35. The number of ether oxygens (including phenoxy) is 1. The lowest BCUT2D eigenvalue weighted by atomic mass is 10.0. The van der Waals surface area contributed by atoms with E-state index in [0.29, 0.717) is 30.1 Å². The standard InChI is InChI=1S/C16H21N3O3S/c1-4-19-14(17-18-16(19)23-10-15(20)21)9-22-13-7-5-12(6-8-13)11(2)3/h5-8,11H,4,9-10H2,1-3H3,(H,20,21). The number of hydrogen-bond donors (Lipinski definition) is 1. The second-order valence-corrected chi connectivity index (χ2v) is 6.28. The van der Waals surface area contributed by atoms with Crippen LogP contribution >= 0.6 is 11.8 Å². The largest absolute Gasteiger partial charge is 0.486 e. The molecule has 0 saturated carbocycles. The van der Waals surface area contributed by atoms with Crippen molar-refractivity contribution in [1.82, 2.24) is 14.8 Å². The van der Waals surface area contributed by atoms with Crippen LogP contribution in [-0.4, -0.2) is 31.6 Å². The fraction of sp³-hybridized carbons (Fsp3) is 0.438. The summed E-state index contributed by atoms with van der Waals surface area (Å²) in [6, 6.07) is 8.00. The Morgan fingerprint density at radius 2 is 2.00 bits per heavy atom. The van der Waals surface area contributed by atoms with Crippen LogP contribution in [0.25, 0.3) is 0 Å². The average molecular weight is 335 g/mol. The number of hydrogen-bond acceptors (Lipinski definition) is 5. The number of aromatic nitrogens is 3. The van der Waals surface area contributed by atoms with Crippen molar-refractivity contribution in [3.05, 3.63) is 35.7 Å². The van der Waals surface area contributed by atoms with E-state index in [1.807, 2.05) is 23.6 Å². The lowest BCUT2D eigenvalue weighted by molar-refractivity contribution is -0.133. The lowest BCUT2D eigenvalue weighted by Gasteiger charge is -2.10. The molecule has 7 heteroatoms. The molecule has 1 aromatic heterocycles. The summed E-state index contributed by atoms with van der Waals surface area (Å²) in [5, 5.41) is 17.5. The van der Waals surface area contributed by atoms with Crippen LogP contribution < -0.4 is 4.74 Å². The van der Waals surface area contributed by atoms with Crippen molar-refractivity contribution in [3.8, 4) is 5.75 Å². The van der Waals surface area contributed by atoms with E-state index < -0.39 is 5.97 Å². The third-order valence-corrected chi connectivity index (χ3v) is 4.30. The normalized spacial score (nSPS) is 11.0. The van der Waals surface area contributed by atoms with Gasteiger partial charge in [0, 0.05) is 6.54 Å². The Balaban J connectivity index is 2.01. The highest BCUT2D eigenvalue weighted by molar-refractivity contribution is 7.99. The summed E-state index contributed by atoms with van der Waals surface area (Å²) >= 11 is 1.16. The van der Waals surface area contributed by atoms with E-state index in [2.05, 4.69) is 36.2 Å². The molecule has 23 heavy (non-hydrogen) atoms. The number of aliphatic carboxylic acids is 1. The first-order valence-corrected chi connectivity index (χ1v) is 8.49. The van der Waals surface area contributed by atoms with Gasteiger partial charge in [0.05, 0.1) is 5.75 Å². The van der Waals surface area contributed by atoms with E-state index >= 15 is 0 Å². The molecule has 0 aliphatic heterocycles. The molecule has 2 rings (SSSR count). The first-order valence-electron chi connectivity index (χ1n) is 7.50. The molecule has 0 spiro atoms. The smallest absolute Gasteiger partial charge is 0.313 e. The predicted octanol–water partition coefficient (Wildman–Crippen LogP) is 3.18. The van der Waals surface area contributed by atoms with Crippen molar-refractivity contribution in [2.75, 3.05) is 5.75 Å². The zero-order valence-electron chi connectivity index (χ0n) is 13.5. The van der Waals surface area contributed by atoms with Crippen molar-refractivity contribution in [1.29, 1.82) is 0 Å². The summed E-state index contributed by atoms with van der Waals surface area (Å²) in [5.41, 5.74) is 1.27. The van der Waals surface area contributed by atoms with Crippen LogP contribution in [0.3, 0.4) is 0 Å². The minimum Gasteiger partial charge on any atom is -0.486 e. The van der Waals surface area contributed by atoms with Gasteiger partial charge in [0.15, 0.2) is 11.0 Å². The van der Waals surface area contributed by atoms with E-state index in [0.717, 1.165) is 17.5 Å². The highest BCUT2D eigenvalue weighted by Crippen LogP contribution is 2.21. The average Bonchev–Trinajstić information content (AvgIpc) is 2.93. The van der Waals surface area contributed by atoms with E-state index in [1.54, 1.807) is 0 Å². The number of carboxylic acid groups (broad SMARTS) is 1. The quantitative estimate of drug-likeness (QED) is 0.747. The molecular formula is C16H21N3O3S. The van der Waals surface area contributed by atoms with E-state index in [4.69, 9.17) is 9.84 Å². The Kier molecular flexibility index (Phi) is 6.04. The van der Waals surface area contributed by atoms with Gasteiger partial charge in [0.2, 0.25) is 0 Å². The number of carbonyl (C=O) groups is 1. The van der Waals surface area contributed by atoms with Gasteiger partial charge in [0.25, 0.3) is 0 Å². The Morgan fingerprint density at radius 1 is 1.30 bits per heavy atom. The van der Waals surface area contributed by atoms with Crippen LogP contribution in [-0.2, 0) is 17.9 Å². The number of thioether (sulfide) groups is 1. The van der Waals surface area contributed by atoms with E-state index in [-0.39, 0.29) is 5.75 Å². The molecule has 0 saturated heterocycles.